The molecule has 1 atom stereocenters. The van der Waals surface area contributed by atoms with Gasteiger partial charge < -0.3 is 15.4 Å². The van der Waals surface area contributed by atoms with E-state index in [1.165, 1.54) is 19.3 Å². The van der Waals surface area contributed by atoms with Crippen molar-refractivity contribution in [2.75, 3.05) is 23.8 Å². The summed E-state index contributed by atoms with van der Waals surface area (Å²) in [5, 5.41) is 9.14. The molecule has 1 fully saturated rings. The highest BCUT2D eigenvalue weighted by Gasteiger charge is 2.31. The number of hydrogen-bond donors (Lipinski definition) is 1. The fourth-order valence-electron chi connectivity index (χ4n) is 2.75. The van der Waals surface area contributed by atoms with E-state index in [0.29, 0.717) is 29.6 Å². The van der Waals surface area contributed by atoms with Crippen molar-refractivity contribution in [3.8, 4) is 11.8 Å². The standard InChI is InChI=1S/C13H15N3O/c14-7-10-11(15)4-5-12-13(10)17-8-9-3-1-2-6-16(9)12/h4-5,9H,1-3,6,8,15H2/t9-/m1/s1. The van der Waals surface area contributed by atoms with E-state index in [1.807, 2.05) is 6.07 Å². The third-order valence-electron chi connectivity index (χ3n) is 3.64. The van der Waals surface area contributed by atoms with E-state index in [9.17, 15) is 0 Å². The first-order chi connectivity index (χ1) is 8.31. The van der Waals surface area contributed by atoms with Crippen molar-refractivity contribution in [2.45, 2.75) is 25.3 Å². The van der Waals surface area contributed by atoms with Crippen LogP contribution < -0.4 is 15.4 Å². The number of nitriles is 1. The number of ether oxygens (including phenoxy) is 1. The Morgan fingerprint density at radius 3 is 3.12 bits per heavy atom. The first kappa shape index (κ1) is 10.3. The fourth-order valence-corrected chi connectivity index (χ4v) is 2.75. The highest BCUT2D eigenvalue weighted by molar-refractivity contribution is 5.74. The van der Waals surface area contributed by atoms with Gasteiger partial charge in [-0.1, -0.05) is 0 Å². The van der Waals surface area contributed by atoms with Crippen LogP contribution in [0.25, 0.3) is 0 Å². The maximum atomic E-state index is 9.14. The monoisotopic (exact) mass is 229 g/mol. The highest BCUT2D eigenvalue weighted by Crippen LogP contribution is 2.41. The van der Waals surface area contributed by atoms with Crippen molar-refractivity contribution < 1.29 is 4.74 Å². The summed E-state index contributed by atoms with van der Waals surface area (Å²) in [6, 6.07) is 6.38. The second kappa shape index (κ2) is 3.85. The number of nitrogen functional groups attached to an aromatic ring is 1. The number of nitrogens with zero attached hydrogens (tertiary/aromatic N) is 2. The average molecular weight is 229 g/mol. The molecular weight excluding hydrogens is 214 g/mol. The highest BCUT2D eigenvalue weighted by atomic mass is 16.5. The van der Waals surface area contributed by atoms with Gasteiger partial charge in [0.1, 0.15) is 18.2 Å². The number of piperidine rings is 1. The molecule has 0 spiro atoms. The van der Waals surface area contributed by atoms with Crippen LogP contribution in [0.5, 0.6) is 5.75 Å². The lowest BCUT2D eigenvalue weighted by Crippen LogP contribution is -2.46. The molecule has 2 aliphatic rings. The minimum Gasteiger partial charge on any atom is -0.488 e. The van der Waals surface area contributed by atoms with Gasteiger partial charge in [0, 0.05) is 6.54 Å². The summed E-state index contributed by atoms with van der Waals surface area (Å²) in [4.78, 5) is 2.36. The minimum absolute atomic E-state index is 0.464. The molecule has 2 N–H and O–H groups in total. The van der Waals surface area contributed by atoms with Crippen LogP contribution in [0.4, 0.5) is 11.4 Å². The Kier molecular flexibility index (Phi) is 2.32. The molecule has 1 aromatic rings. The van der Waals surface area contributed by atoms with Gasteiger partial charge in [0.05, 0.1) is 17.4 Å². The van der Waals surface area contributed by atoms with Crippen LogP contribution in [0.3, 0.4) is 0 Å². The number of fused-ring (bicyclic) bond motifs is 3. The van der Waals surface area contributed by atoms with Crippen LogP contribution in [-0.4, -0.2) is 19.2 Å². The van der Waals surface area contributed by atoms with Crippen molar-refractivity contribution in [1.82, 2.24) is 0 Å². The van der Waals surface area contributed by atoms with Crippen molar-refractivity contribution >= 4 is 11.4 Å². The average Bonchev–Trinajstić information content (AvgIpc) is 2.38. The van der Waals surface area contributed by atoms with Gasteiger partial charge in [-0.3, -0.25) is 0 Å². The second-order valence-corrected chi connectivity index (χ2v) is 4.64. The number of nitrogens with two attached hydrogens (primary N) is 1. The summed E-state index contributed by atoms with van der Waals surface area (Å²) in [6.45, 7) is 1.72. The van der Waals surface area contributed by atoms with E-state index in [4.69, 9.17) is 15.7 Å². The summed E-state index contributed by atoms with van der Waals surface area (Å²) >= 11 is 0. The first-order valence-corrected chi connectivity index (χ1v) is 6.03. The van der Waals surface area contributed by atoms with E-state index < -0.39 is 0 Å². The van der Waals surface area contributed by atoms with E-state index in [0.717, 1.165) is 12.2 Å². The molecule has 4 heteroatoms. The van der Waals surface area contributed by atoms with Gasteiger partial charge in [-0.25, -0.2) is 0 Å². The van der Waals surface area contributed by atoms with Crippen molar-refractivity contribution in [3.05, 3.63) is 17.7 Å². The second-order valence-electron chi connectivity index (χ2n) is 4.64. The summed E-state index contributed by atoms with van der Waals surface area (Å²) in [6.07, 6.45) is 3.65. The quantitative estimate of drug-likeness (QED) is 0.690. The number of benzene rings is 1. The molecule has 1 aromatic carbocycles. The number of hydrogen-bond acceptors (Lipinski definition) is 4. The molecular formula is C13H15N3O. The number of anilines is 2. The Balaban J connectivity index is 2.09. The minimum atomic E-state index is 0.464. The largest absolute Gasteiger partial charge is 0.488 e. The zero-order chi connectivity index (χ0) is 11.8. The molecule has 2 heterocycles. The predicted molar refractivity (Wildman–Crippen MR) is 66.0 cm³/mol. The Morgan fingerprint density at radius 1 is 1.41 bits per heavy atom. The Bertz CT molecular complexity index is 492. The molecule has 88 valence electrons. The molecule has 3 rings (SSSR count). The van der Waals surface area contributed by atoms with Crippen LogP contribution in [0.2, 0.25) is 0 Å². The zero-order valence-corrected chi connectivity index (χ0v) is 9.65. The molecule has 2 aliphatic heterocycles. The normalized spacial score (nSPS) is 22.1. The SMILES string of the molecule is N#Cc1c(N)ccc2c1OC[C@H]1CCCCN21. The third kappa shape index (κ3) is 1.50. The third-order valence-corrected chi connectivity index (χ3v) is 3.64. The van der Waals surface area contributed by atoms with Gasteiger partial charge >= 0.3 is 0 Å². The van der Waals surface area contributed by atoms with Crippen molar-refractivity contribution in [2.24, 2.45) is 0 Å². The molecule has 0 amide bonds. The summed E-state index contributed by atoms with van der Waals surface area (Å²) in [5.41, 5.74) is 7.82. The lowest BCUT2D eigenvalue weighted by molar-refractivity contribution is 0.240. The van der Waals surface area contributed by atoms with E-state index in [1.54, 1.807) is 6.07 Å². The molecule has 4 nitrogen and oxygen atoms in total. The lowest BCUT2D eigenvalue weighted by atomic mass is 9.98. The van der Waals surface area contributed by atoms with Crippen LogP contribution >= 0.6 is 0 Å². The summed E-state index contributed by atoms with van der Waals surface area (Å²) < 4.78 is 5.75. The Labute approximate surface area is 101 Å². The molecule has 0 aliphatic carbocycles. The van der Waals surface area contributed by atoms with Gasteiger partial charge in [-0.05, 0) is 31.4 Å². The van der Waals surface area contributed by atoms with Gasteiger partial charge in [-0.15, -0.1) is 0 Å². The molecule has 17 heavy (non-hydrogen) atoms. The van der Waals surface area contributed by atoms with Crippen LogP contribution in [0, 0.1) is 11.3 Å². The topological polar surface area (TPSA) is 62.3 Å². The van der Waals surface area contributed by atoms with Crippen LogP contribution in [0.15, 0.2) is 12.1 Å². The van der Waals surface area contributed by atoms with E-state index >= 15 is 0 Å². The maximum absolute atomic E-state index is 9.14. The molecule has 0 bridgehead atoms. The van der Waals surface area contributed by atoms with Crippen LogP contribution in [0.1, 0.15) is 24.8 Å². The predicted octanol–water partition coefficient (Wildman–Crippen LogP) is 1.89. The van der Waals surface area contributed by atoms with E-state index in [2.05, 4.69) is 11.0 Å². The zero-order valence-electron chi connectivity index (χ0n) is 9.65. The summed E-state index contributed by atoms with van der Waals surface area (Å²) in [5.74, 6) is 0.672. The fraction of sp³-hybridized carbons (Fsp3) is 0.462. The van der Waals surface area contributed by atoms with E-state index in [-0.39, 0.29) is 0 Å². The van der Waals surface area contributed by atoms with Gasteiger partial charge in [0.15, 0.2) is 5.75 Å². The van der Waals surface area contributed by atoms with Crippen molar-refractivity contribution in [1.29, 1.82) is 5.26 Å². The molecule has 0 aromatic heterocycles. The maximum Gasteiger partial charge on any atom is 0.162 e. The number of rotatable bonds is 0. The Morgan fingerprint density at radius 2 is 2.29 bits per heavy atom. The van der Waals surface area contributed by atoms with Crippen molar-refractivity contribution in [3.63, 3.8) is 0 Å². The molecule has 0 unspecified atom stereocenters. The molecule has 0 saturated carbocycles. The van der Waals surface area contributed by atoms with Gasteiger partial charge in [0.2, 0.25) is 0 Å². The van der Waals surface area contributed by atoms with Crippen LogP contribution in [-0.2, 0) is 0 Å². The lowest BCUT2D eigenvalue weighted by Gasteiger charge is -2.42. The summed E-state index contributed by atoms with van der Waals surface area (Å²) in [7, 11) is 0. The van der Waals surface area contributed by atoms with Gasteiger partial charge in [0.25, 0.3) is 0 Å². The smallest absolute Gasteiger partial charge is 0.162 e. The first-order valence-electron chi connectivity index (χ1n) is 6.03. The Hall–Kier alpha value is -1.89. The molecule has 1 saturated heterocycles. The molecule has 0 radical (unpaired) electrons. The van der Waals surface area contributed by atoms with Gasteiger partial charge in [-0.2, -0.15) is 5.26 Å².